The molecule has 0 saturated carbocycles. The predicted octanol–water partition coefficient (Wildman–Crippen LogP) is 4.32. The predicted molar refractivity (Wildman–Crippen MR) is 123 cm³/mol. The molecule has 3 aromatic rings. The molecule has 1 amide bonds. The normalized spacial score (nSPS) is 16.0. The van der Waals surface area contributed by atoms with Crippen molar-refractivity contribution in [3.63, 3.8) is 0 Å². The van der Waals surface area contributed by atoms with Gasteiger partial charge in [0.05, 0.1) is 11.6 Å². The third kappa shape index (κ3) is 5.97. The number of halogens is 2. The minimum atomic E-state index is -0.515. The number of anilines is 1. The Labute approximate surface area is 196 Å². The van der Waals surface area contributed by atoms with Crippen LogP contribution in [-0.2, 0) is 16.1 Å². The summed E-state index contributed by atoms with van der Waals surface area (Å²) in [5, 5.41) is -0.0239. The monoisotopic (exact) mass is 470 g/mol. The molecule has 4 rings (SSSR count). The van der Waals surface area contributed by atoms with Crippen LogP contribution in [0.2, 0.25) is 5.02 Å². The van der Waals surface area contributed by atoms with E-state index in [1.807, 2.05) is 42.2 Å². The number of ether oxygens (including phenoxy) is 2. The van der Waals surface area contributed by atoms with Gasteiger partial charge >= 0.3 is 0 Å². The number of benzene rings is 2. The largest absolute Gasteiger partial charge is 0.439 e. The van der Waals surface area contributed by atoms with Crippen molar-refractivity contribution in [3.8, 4) is 11.6 Å². The van der Waals surface area contributed by atoms with Crippen molar-refractivity contribution < 1.29 is 18.7 Å². The van der Waals surface area contributed by atoms with Crippen LogP contribution in [0.25, 0.3) is 0 Å². The molecule has 1 aromatic heterocycles. The molecule has 1 saturated heterocycles. The van der Waals surface area contributed by atoms with E-state index in [1.165, 1.54) is 24.5 Å². The maximum absolute atomic E-state index is 13.4. The van der Waals surface area contributed by atoms with Crippen LogP contribution in [0.4, 0.5) is 10.2 Å². The molecule has 9 heteroatoms. The lowest BCUT2D eigenvalue weighted by atomic mass is 10.2. The van der Waals surface area contributed by atoms with Gasteiger partial charge in [0, 0.05) is 37.8 Å². The van der Waals surface area contributed by atoms with Crippen LogP contribution in [0.5, 0.6) is 11.6 Å². The van der Waals surface area contributed by atoms with Crippen LogP contribution in [0.15, 0.2) is 60.9 Å². The Morgan fingerprint density at radius 1 is 1.15 bits per heavy atom. The van der Waals surface area contributed by atoms with Crippen LogP contribution >= 0.6 is 11.6 Å². The average molecular weight is 471 g/mol. The molecule has 33 heavy (non-hydrogen) atoms. The van der Waals surface area contributed by atoms with Gasteiger partial charge in [-0.15, -0.1) is 0 Å². The van der Waals surface area contributed by atoms with Crippen LogP contribution in [0, 0.1) is 5.82 Å². The van der Waals surface area contributed by atoms with E-state index in [9.17, 15) is 9.18 Å². The highest BCUT2D eigenvalue weighted by molar-refractivity contribution is 6.30. The van der Waals surface area contributed by atoms with E-state index < -0.39 is 5.82 Å². The molecule has 1 fully saturated rings. The van der Waals surface area contributed by atoms with Crippen LogP contribution in [0.3, 0.4) is 0 Å². The molecule has 0 radical (unpaired) electrons. The zero-order valence-corrected chi connectivity index (χ0v) is 18.9. The van der Waals surface area contributed by atoms with Gasteiger partial charge in [0.1, 0.15) is 30.3 Å². The molecule has 2 heterocycles. The fourth-order valence-electron chi connectivity index (χ4n) is 3.67. The lowest BCUT2D eigenvalue weighted by Crippen LogP contribution is -2.55. The number of piperazine rings is 1. The van der Waals surface area contributed by atoms with Gasteiger partial charge in [0.25, 0.3) is 0 Å². The molecule has 0 aliphatic carbocycles. The van der Waals surface area contributed by atoms with Gasteiger partial charge in [-0.25, -0.2) is 14.4 Å². The maximum atomic E-state index is 13.4. The summed E-state index contributed by atoms with van der Waals surface area (Å²) < 4.78 is 24.7. The Bertz CT molecular complexity index is 1100. The minimum Gasteiger partial charge on any atom is -0.439 e. The number of hydrogen-bond donors (Lipinski definition) is 0. The van der Waals surface area contributed by atoms with Gasteiger partial charge < -0.3 is 19.3 Å². The van der Waals surface area contributed by atoms with Crippen molar-refractivity contribution in [2.45, 2.75) is 19.6 Å². The van der Waals surface area contributed by atoms with Crippen molar-refractivity contribution in [1.29, 1.82) is 0 Å². The molecule has 7 nitrogen and oxygen atoms in total. The summed E-state index contributed by atoms with van der Waals surface area (Å²) in [7, 11) is 0. The summed E-state index contributed by atoms with van der Waals surface area (Å²) >= 11 is 5.81. The zero-order chi connectivity index (χ0) is 23.2. The number of amides is 1. The quantitative estimate of drug-likeness (QED) is 0.512. The van der Waals surface area contributed by atoms with Crippen LogP contribution < -0.4 is 9.64 Å². The lowest BCUT2D eigenvalue weighted by Gasteiger charge is -2.40. The third-order valence-corrected chi connectivity index (χ3v) is 5.64. The topological polar surface area (TPSA) is 67.8 Å². The van der Waals surface area contributed by atoms with Gasteiger partial charge in [-0.3, -0.25) is 4.79 Å². The molecular formula is C24H24ClFN4O3. The first-order valence-corrected chi connectivity index (χ1v) is 11.0. The number of rotatable bonds is 7. The second-order valence-electron chi connectivity index (χ2n) is 7.75. The van der Waals surface area contributed by atoms with Gasteiger partial charge in [0.15, 0.2) is 0 Å². The maximum Gasteiger partial charge on any atom is 0.248 e. The SMILES string of the molecule is C[C@H]1CN(c2cc(Oc3ccc(F)c(Cl)c3)ncn2)CCN1C(=O)COCc1ccccc1. The Balaban J connectivity index is 1.32. The first kappa shape index (κ1) is 22.9. The van der Waals surface area contributed by atoms with E-state index in [0.717, 1.165) is 5.56 Å². The van der Waals surface area contributed by atoms with E-state index in [1.54, 1.807) is 6.07 Å². The summed E-state index contributed by atoms with van der Waals surface area (Å²) in [5.41, 5.74) is 1.04. The smallest absolute Gasteiger partial charge is 0.248 e. The summed E-state index contributed by atoms with van der Waals surface area (Å²) in [4.78, 5) is 25.0. The van der Waals surface area contributed by atoms with Crippen molar-refractivity contribution in [1.82, 2.24) is 14.9 Å². The molecule has 2 aromatic carbocycles. The second kappa shape index (κ2) is 10.6. The molecular weight excluding hydrogens is 447 g/mol. The van der Waals surface area contributed by atoms with Crippen molar-refractivity contribution >= 4 is 23.3 Å². The van der Waals surface area contributed by atoms with Crippen molar-refractivity contribution in [2.24, 2.45) is 0 Å². The molecule has 1 aliphatic rings. The van der Waals surface area contributed by atoms with Gasteiger partial charge in [-0.2, -0.15) is 0 Å². The molecule has 1 atom stereocenters. The highest BCUT2D eigenvalue weighted by Crippen LogP contribution is 2.27. The first-order valence-electron chi connectivity index (χ1n) is 10.6. The van der Waals surface area contributed by atoms with E-state index in [2.05, 4.69) is 14.9 Å². The third-order valence-electron chi connectivity index (χ3n) is 5.35. The van der Waals surface area contributed by atoms with E-state index in [0.29, 0.717) is 43.7 Å². The lowest BCUT2D eigenvalue weighted by molar-refractivity contribution is -0.139. The second-order valence-corrected chi connectivity index (χ2v) is 8.16. The van der Waals surface area contributed by atoms with Gasteiger partial charge in [0.2, 0.25) is 11.8 Å². The summed E-state index contributed by atoms with van der Waals surface area (Å²) in [6.07, 6.45) is 1.41. The highest BCUT2D eigenvalue weighted by Gasteiger charge is 2.28. The summed E-state index contributed by atoms with van der Waals surface area (Å²) in [5.74, 6) is 0.846. The van der Waals surface area contributed by atoms with Crippen molar-refractivity contribution in [3.05, 3.63) is 77.3 Å². The van der Waals surface area contributed by atoms with E-state index in [-0.39, 0.29) is 23.6 Å². The Morgan fingerprint density at radius 3 is 2.73 bits per heavy atom. The van der Waals surface area contributed by atoms with E-state index >= 15 is 0 Å². The van der Waals surface area contributed by atoms with Crippen LogP contribution in [-0.4, -0.2) is 53.1 Å². The number of carbonyl (C=O) groups excluding carboxylic acids is 1. The number of hydrogen-bond acceptors (Lipinski definition) is 6. The average Bonchev–Trinajstić information content (AvgIpc) is 2.82. The summed E-state index contributed by atoms with van der Waals surface area (Å²) in [6.45, 7) is 4.24. The zero-order valence-electron chi connectivity index (χ0n) is 18.2. The van der Waals surface area contributed by atoms with Crippen LogP contribution in [0.1, 0.15) is 12.5 Å². The summed E-state index contributed by atoms with van der Waals surface area (Å²) in [6, 6.07) is 15.6. The van der Waals surface area contributed by atoms with Gasteiger partial charge in [-0.05, 0) is 24.6 Å². The number of aromatic nitrogens is 2. The standard InChI is InChI=1S/C24H24ClFN4O3/c1-17-13-29(9-10-30(17)24(31)15-32-14-18-5-3-2-4-6-18)22-12-23(28-16-27-22)33-19-7-8-21(26)20(25)11-19/h2-8,11-12,16-17H,9-10,13-15H2,1H3/t17-/m0/s1. The Kier molecular flexibility index (Phi) is 7.36. The van der Waals surface area contributed by atoms with Crippen molar-refractivity contribution in [2.75, 3.05) is 31.1 Å². The minimum absolute atomic E-state index is 0.0122. The molecule has 0 unspecified atom stereocenters. The van der Waals surface area contributed by atoms with E-state index in [4.69, 9.17) is 21.1 Å². The number of nitrogens with zero attached hydrogens (tertiary/aromatic N) is 4. The molecule has 1 aliphatic heterocycles. The molecule has 0 N–H and O–H groups in total. The van der Waals surface area contributed by atoms with Gasteiger partial charge in [-0.1, -0.05) is 41.9 Å². The first-order chi connectivity index (χ1) is 16.0. The molecule has 172 valence electrons. The Morgan fingerprint density at radius 2 is 1.97 bits per heavy atom. The molecule has 0 spiro atoms. The molecule has 0 bridgehead atoms. The fraction of sp³-hybridized carbons (Fsp3) is 0.292. The fourth-order valence-corrected chi connectivity index (χ4v) is 3.84. The Hall–Kier alpha value is -3.23. The number of carbonyl (C=O) groups is 1. The highest BCUT2D eigenvalue weighted by atomic mass is 35.5.